The molecule has 0 aromatic carbocycles. The van der Waals surface area contributed by atoms with Crippen molar-refractivity contribution in [1.29, 1.82) is 0 Å². The molecule has 4 nitrogen and oxygen atoms in total. The minimum absolute atomic E-state index is 0.162. The van der Waals surface area contributed by atoms with Crippen LogP contribution in [0.5, 0.6) is 0 Å². The molecule has 1 aliphatic rings. The first-order valence-electron chi connectivity index (χ1n) is 3.96. The van der Waals surface area contributed by atoms with Crippen LogP contribution >= 0.6 is 0 Å². The van der Waals surface area contributed by atoms with Crippen molar-refractivity contribution >= 4 is 16.1 Å². The van der Waals surface area contributed by atoms with Gasteiger partial charge in [0, 0.05) is 6.54 Å². The molecule has 1 saturated heterocycles. The van der Waals surface area contributed by atoms with Crippen LogP contribution in [0.3, 0.4) is 0 Å². The molecule has 6 heteroatoms. The Hall–Kier alpha value is -0.650. The van der Waals surface area contributed by atoms with Crippen molar-refractivity contribution in [1.82, 2.24) is 5.32 Å². The standard InChI is InChI=1S/C7H12FNO3S/c1-5-3-9-6(10)7(5,2)4-13(8,11)12/h5H,3-4H2,1-2H3,(H,9,10)/t5-,7+/m1/s1. The molecule has 1 amide bonds. The van der Waals surface area contributed by atoms with Crippen molar-refractivity contribution in [3.05, 3.63) is 0 Å². The molecular weight excluding hydrogens is 197 g/mol. The number of rotatable bonds is 2. The van der Waals surface area contributed by atoms with Crippen LogP contribution in [0.4, 0.5) is 3.89 Å². The lowest BCUT2D eigenvalue weighted by atomic mass is 9.82. The second-order valence-electron chi connectivity index (χ2n) is 3.71. The van der Waals surface area contributed by atoms with E-state index in [1.807, 2.05) is 0 Å². The lowest BCUT2D eigenvalue weighted by Crippen LogP contribution is -2.37. The van der Waals surface area contributed by atoms with Gasteiger partial charge in [-0.25, -0.2) is 0 Å². The van der Waals surface area contributed by atoms with E-state index in [0.29, 0.717) is 6.54 Å². The Morgan fingerprint density at radius 2 is 2.23 bits per heavy atom. The molecule has 1 N–H and O–H groups in total. The summed E-state index contributed by atoms with van der Waals surface area (Å²) in [7, 11) is -4.59. The maximum atomic E-state index is 12.4. The summed E-state index contributed by atoms with van der Waals surface area (Å²) in [4.78, 5) is 11.2. The molecule has 0 unspecified atom stereocenters. The van der Waals surface area contributed by atoms with E-state index in [0.717, 1.165) is 0 Å². The van der Waals surface area contributed by atoms with Crippen molar-refractivity contribution in [3.8, 4) is 0 Å². The van der Waals surface area contributed by atoms with Crippen LogP contribution in [-0.2, 0) is 15.0 Å². The number of carbonyl (C=O) groups is 1. The van der Waals surface area contributed by atoms with Crippen LogP contribution in [0.1, 0.15) is 13.8 Å². The van der Waals surface area contributed by atoms with Crippen LogP contribution in [-0.4, -0.2) is 26.6 Å². The minimum Gasteiger partial charge on any atom is -0.355 e. The van der Waals surface area contributed by atoms with Gasteiger partial charge in [-0.1, -0.05) is 6.92 Å². The third-order valence-corrected chi connectivity index (χ3v) is 3.59. The van der Waals surface area contributed by atoms with Crippen LogP contribution in [0.25, 0.3) is 0 Å². The topological polar surface area (TPSA) is 63.2 Å². The Balaban J connectivity index is 2.92. The number of hydrogen-bond donors (Lipinski definition) is 1. The van der Waals surface area contributed by atoms with E-state index >= 15 is 0 Å². The van der Waals surface area contributed by atoms with Crippen LogP contribution in [0.2, 0.25) is 0 Å². The molecule has 0 spiro atoms. The summed E-state index contributed by atoms with van der Waals surface area (Å²) in [6.07, 6.45) is 0. The highest BCUT2D eigenvalue weighted by atomic mass is 32.3. The summed E-state index contributed by atoms with van der Waals surface area (Å²) in [6.45, 7) is 3.60. The fourth-order valence-corrected chi connectivity index (χ4v) is 2.59. The molecule has 1 rings (SSSR count). The molecule has 0 aromatic rings. The van der Waals surface area contributed by atoms with Crippen molar-refractivity contribution < 1.29 is 17.1 Å². The molecule has 0 saturated carbocycles. The van der Waals surface area contributed by atoms with Gasteiger partial charge in [0.15, 0.2) is 0 Å². The van der Waals surface area contributed by atoms with Gasteiger partial charge in [0.05, 0.1) is 11.2 Å². The maximum Gasteiger partial charge on any atom is 0.303 e. The summed E-state index contributed by atoms with van der Waals surface area (Å²) < 4.78 is 33.3. The largest absolute Gasteiger partial charge is 0.355 e. The van der Waals surface area contributed by atoms with Gasteiger partial charge in [0.2, 0.25) is 5.91 Å². The van der Waals surface area contributed by atoms with E-state index in [2.05, 4.69) is 5.32 Å². The predicted octanol–water partition coefficient (Wildman–Crippen LogP) is 0.0579. The fourth-order valence-electron chi connectivity index (χ4n) is 1.46. The van der Waals surface area contributed by atoms with Gasteiger partial charge in [-0.3, -0.25) is 4.79 Å². The second-order valence-corrected chi connectivity index (χ2v) is 5.08. The van der Waals surface area contributed by atoms with E-state index < -0.39 is 21.4 Å². The first kappa shape index (κ1) is 10.4. The highest BCUT2D eigenvalue weighted by Crippen LogP contribution is 2.33. The van der Waals surface area contributed by atoms with Crippen molar-refractivity contribution in [2.45, 2.75) is 13.8 Å². The SMILES string of the molecule is C[C@@H]1CNC(=O)[C@@]1(C)CS(=O)(=O)F. The summed E-state index contributed by atoms with van der Waals surface area (Å²) >= 11 is 0. The first-order chi connectivity index (χ1) is 5.76. The van der Waals surface area contributed by atoms with E-state index in [1.54, 1.807) is 6.92 Å². The Labute approximate surface area is 76.7 Å². The van der Waals surface area contributed by atoms with E-state index in [4.69, 9.17) is 0 Å². The van der Waals surface area contributed by atoms with Crippen molar-refractivity contribution in [2.75, 3.05) is 12.3 Å². The lowest BCUT2D eigenvalue weighted by molar-refractivity contribution is -0.126. The summed E-state index contributed by atoms with van der Waals surface area (Å²) in [5.41, 5.74) is -1.12. The summed E-state index contributed by atoms with van der Waals surface area (Å²) in [5.74, 6) is -1.28. The Bertz CT molecular complexity index is 327. The van der Waals surface area contributed by atoms with E-state index in [1.165, 1.54) is 6.92 Å². The maximum absolute atomic E-state index is 12.4. The number of carbonyl (C=O) groups excluding carboxylic acids is 1. The molecule has 0 aliphatic carbocycles. The Morgan fingerprint density at radius 3 is 2.54 bits per heavy atom. The Morgan fingerprint density at radius 1 is 1.69 bits per heavy atom. The zero-order valence-corrected chi connectivity index (χ0v) is 8.32. The molecule has 0 radical (unpaired) electrons. The summed E-state index contributed by atoms with van der Waals surface area (Å²) in [5, 5.41) is 2.51. The quantitative estimate of drug-likeness (QED) is 0.654. The van der Waals surface area contributed by atoms with Gasteiger partial charge in [-0.2, -0.15) is 8.42 Å². The predicted molar refractivity (Wildman–Crippen MR) is 45.2 cm³/mol. The zero-order chi connectivity index (χ0) is 10.3. The molecular formula is C7H12FNO3S. The van der Waals surface area contributed by atoms with Crippen molar-refractivity contribution in [2.24, 2.45) is 11.3 Å². The second kappa shape index (κ2) is 2.94. The van der Waals surface area contributed by atoms with Gasteiger partial charge >= 0.3 is 10.2 Å². The number of amides is 1. The van der Waals surface area contributed by atoms with Gasteiger partial charge in [0.1, 0.15) is 0 Å². The van der Waals surface area contributed by atoms with E-state index in [-0.39, 0.29) is 11.8 Å². The molecule has 1 heterocycles. The molecule has 1 fully saturated rings. The monoisotopic (exact) mass is 209 g/mol. The Kier molecular flexibility index (Phi) is 2.36. The number of nitrogens with one attached hydrogen (secondary N) is 1. The first-order valence-corrected chi connectivity index (χ1v) is 5.51. The highest BCUT2D eigenvalue weighted by molar-refractivity contribution is 7.86. The van der Waals surface area contributed by atoms with Gasteiger partial charge < -0.3 is 5.32 Å². The van der Waals surface area contributed by atoms with Gasteiger partial charge in [-0.05, 0) is 12.8 Å². The lowest BCUT2D eigenvalue weighted by Gasteiger charge is -2.22. The van der Waals surface area contributed by atoms with Gasteiger partial charge in [0.25, 0.3) is 0 Å². The molecule has 2 atom stereocenters. The molecule has 0 bridgehead atoms. The normalized spacial score (nSPS) is 34.7. The average molecular weight is 209 g/mol. The van der Waals surface area contributed by atoms with E-state index in [9.17, 15) is 17.1 Å². The fraction of sp³-hybridized carbons (Fsp3) is 0.857. The van der Waals surface area contributed by atoms with Crippen LogP contribution in [0, 0.1) is 11.3 Å². The third kappa shape index (κ3) is 1.99. The number of hydrogen-bond acceptors (Lipinski definition) is 3. The van der Waals surface area contributed by atoms with Crippen molar-refractivity contribution in [3.63, 3.8) is 0 Å². The van der Waals surface area contributed by atoms with Crippen LogP contribution in [0.15, 0.2) is 0 Å². The molecule has 13 heavy (non-hydrogen) atoms. The smallest absolute Gasteiger partial charge is 0.303 e. The number of halogens is 1. The van der Waals surface area contributed by atoms with Crippen LogP contribution < -0.4 is 5.32 Å². The molecule has 76 valence electrons. The summed E-state index contributed by atoms with van der Waals surface area (Å²) in [6, 6.07) is 0. The molecule has 1 aliphatic heterocycles. The zero-order valence-electron chi connectivity index (χ0n) is 7.50. The molecule has 0 aromatic heterocycles. The average Bonchev–Trinajstić information content (AvgIpc) is 2.14. The third-order valence-electron chi connectivity index (χ3n) is 2.65. The minimum atomic E-state index is -4.59. The van der Waals surface area contributed by atoms with Gasteiger partial charge in [-0.15, -0.1) is 3.89 Å². The highest BCUT2D eigenvalue weighted by Gasteiger charge is 2.47.